The molecular weight excluding hydrogens is 416 g/mol. The molecule has 0 spiro atoms. The van der Waals surface area contributed by atoms with Gasteiger partial charge in [-0.2, -0.15) is 4.80 Å². The van der Waals surface area contributed by atoms with E-state index in [1.54, 1.807) is 12.3 Å². The summed E-state index contributed by atoms with van der Waals surface area (Å²) in [5.41, 5.74) is 0.322. The number of halogens is 2. The zero-order valence-corrected chi connectivity index (χ0v) is 16.5. The largest absolute Gasteiger partial charge is 0.480 e. The summed E-state index contributed by atoms with van der Waals surface area (Å²) in [6, 6.07) is 4.29. The molecule has 0 amide bonds. The highest BCUT2D eigenvalue weighted by Gasteiger charge is 2.41. The average molecular weight is 433 g/mol. The zero-order valence-electron chi connectivity index (χ0n) is 15.6. The van der Waals surface area contributed by atoms with Gasteiger partial charge >= 0.3 is 5.97 Å². The van der Waals surface area contributed by atoms with Gasteiger partial charge in [0.05, 0.1) is 16.8 Å². The van der Waals surface area contributed by atoms with E-state index in [1.165, 1.54) is 17.4 Å². The molecule has 1 N–H and O–H groups in total. The number of carbonyl (C=O) groups is 1. The van der Waals surface area contributed by atoms with Crippen molar-refractivity contribution >= 4 is 28.1 Å². The number of aliphatic carboxylic acids is 1. The molecule has 2 fully saturated rings. The molecule has 3 aromatic rings. The lowest BCUT2D eigenvalue weighted by Gasteiger charge is -2.23. The van der Waals surface area contributed by atoms with E-state index in [1.807, 2.05) is 4.90 Å². The van der Waals surface area contributed by atoms with Gasteiger partial charge in [-0.3, -0.25) is 4.79 Å². The average Bonchev–Trinajstić information content (AvgIpc) is 3.45. The molecule has 1 aromatic carbocycles. The Kier molecular flexibility index (Phi) is 4.57. The van der Waals surface area contributed by atoms with E-state index in [2.05, 4.69) is 25.3 Å². The molecule has 4 heterocycles. The maximum Gasteiger partial charge on any atom is 0.327 e. The molecule has 2 aliphatic rings. The molecule has 2 aliphatic heterocycles. The summed E-state index contributed by atoms with van der Waals surface area (Å²) in [6.45, 7) is 2.56. The number of fused-ring (bicyclic) bond motifs is 1. The van der Waals surface area contributed by atoms with Crippen molar-refractivity contribution in [1.82, 2.24) is 25.2 Å². The van der Waals surface area contributed by atoms with Gasteiger partial charge in [0.2, 0.25) is 5.82 Å². The van der Waals surface area contributed by atoms with Crippen LogP contribution in [0.4, 0.5) is 19.6 Å². The molecule has 0 aliphatic carbocycles. The van der Waals surface area contributed by atoms with Gasteiger partial charge in [-0.1, -0.05) is 17.4 Å². The second kappa shape index (κ2) is 7.27. The number of thiazole rings is 1. The molecule has 0 bridgehead atoms. The number of aromatic nitrogens is 5. The van der Waals surface area contributed by atoms with Crippen LogP contribution in [0.5, 0.6) is 0 Å². The first-order chi connectivity index (χ1) is 14.5. The van der Waals surface area contributed by atoms with Crippen molar-refractivity contribution < 1.29 is 18.7 Å². The summed E-state index contributed by atoms with van der Waals surface area (Å²) in [4.78, 5) is 21.1. The van der Waals surface area contributed by atoms with Crippen molar-refractivity contribution in [3.63, 3.8) is 0 Å². The number of anilines is 2. The number of carboxylic acid groups (broad SMARTS) is 1. The van der Waals surface area contributed by atoms with E-state index < -0.39 is 17.6 Å². The summed E-state index contributed by atoms with van der Waals surface area (Å²) < 4.78 is 27.7. The Morgan fingerprint density at radius 2 is 1.90 bits per heavy atom. The summed E-state index contributed by atoms with van der Waals surface area (Å²) in [5, 5.41) is 21.3. The fraction of sp³-hybridized carbons (Fsp3) is 0.389. The third-order valence-electron chi connectivity index (χ3n) is 5.47. The Balaban J connectivity index is 1.25. The molecule has 2 atom stereocenters. The first-order valence-corrected chi connectivity index (χ1v) is 10.2. The first kappa shape index (κ1) is 18.9. The molecule has 156 valence electrons. The Bertz CT molecular complexity index is 1090. The van der Waals surface area contributed by atoms with Crippen LogP contribution in [0.25, 0.3) is 10.7 Å². The SMILES string of the molecule is O=C(O)Cn1nnc(-c2cnc(N3CC4CN(c5cccc(F)c5F)CC4C3)s2)n1. The monoisotopic (exact) mass is 433 g/mol. The topological polar surface area (TPSA) is 100 Å². The summed E-state index contributed by atoms with van der Waals surface area (Å²) in [5.74, 6) is -1.63. The van der Waals surface area contributed by atoms with Crippen LogP contribution in [0.1, 0.15) is 0 Å². The molecular formula is C18H17F2N7O2S. The third kappa shape index (κ3) is 3.36. The van der Waals surface area contributed by atoms with Gasteiger partial charge in [0.25, 0.3) is 0 Å². The van der Waals surface area contributed by atoms with Crippen molar-refractivity contribution in [2.75, 3.05) is 36.0 Å². The standard InChI is InChI=1S/C18H17F2N7O2S/c19-12-2-1-3-13(16(12)20)25-5-10-7-26(8-11(10)6-25)18-21-4-14(30-18)17-22-24-27(23-17)9-15(28)29/h1-4,10-11H,5-9H2,(H,28,29). The number of hydrogen-bond donors (Lipinski definition) is 1. The molecule has 0 radical (unpaired) electrons. The van der Waals surface area contributed by atoms with Crippen molar-refractivity contribution in [3.8, 4) is 10.7 Å². The maximum atomic E-state index is 14.1. The highest BCUT2D eigenvalue weighted by Crippen LogP contribution is 2.39. The first-order valence-electron chi connectivity index (χ1n) is 9.37. The van der Waals surface area contributed by atoms with E-state index >= 15 is 0 Å². The van der Waals surface area contributed by atoms with Crippen molar-refractivity contribution in [2.24, 2.45) is 11.8 Å². The minimum absolute atomic E-state index is 0.322. The number of nitrogens with zero attached hydrogens (tertiary/aromatic N) is 7. The number of tetrazole rings is 1. The lowest BCUT2D eigenvalue weighted by Crippen LogP contribution is -2.29. The van der Waals surface area contributed by atoms with Crippen LogP contribution in [0.2, 0.25) is 0 Å². The minimum Gasteiger partial charge on any atom is -0.480 e. The molecule has 9 nitrogen and oxygen atoms in total. The van der Waals surface area contributed by atoms with Crippen LogP contribution >= 0.6 is 11.3 Å². The van der Waals surface area contributed by atoms with Gasteiger partial charge < -0.3 is 14.9 Å². The lowest BCUT2D eigenvalue weighted by molar-refractivity contribution is -0.138. The quantitative estimate of drug-likeness (QED) is 0.650. The number of hydrogen-bond acceptors (Lipinski definition) is 8. The molecule has 12 heteroatoms. The van der Waals surface area contributed by atoms with E-state index in [9.17, 15) is 13.6 Å². The summed E-state index contributed by atoms with van der Waals surface area (Å²) in [6.07, 6.45) is 1.66. The highest BCUT2D eigenvalue weighted by molar-refractivity contribution is 7.18. The molecule has 2 unspecified atom stereocenters. The summed E-state index contributed by atoms with van der Waals surface area (Å²) in [7, 11) is 0. The maximum absolute atomic E-state index is 14.1. The Morgan fingerprint density at radius 3 is 2.63 bits per heavy atom. The van der Waals surface area contributed by atoms with Crippen molar-refractivity contribution in [3.05, 3.63) is 36.0 Å². The van der Waals surface area contributed by atoms with Gasteiger partial charge in [-0.15, -0.1) is 10.2 Å². The second-order valence-corrected chi connectivity index (χ2v) is 8.46. The Labute approximate surface area is 173 Å². The number of benzene rings is 1. The molecule has 30 heavy (non-hydrogen) atoms. The zero-order chi connectivity index (χ0) is 20.8. The number of rotatable bonds is 5. The Hall–Kier alpha value is -3.15. The van der Waals surface area contributed by atoms with Gasteiger partial charge in [0, 0.05) is 38.0 Å². The number of carboxylic acids is 1. The van der Waals surface area contributed by atoms with E-state index in [-0.39, 0.29) is 6.54 Å². The van der Waals surface area contributed by atoms with Crippen LogP contribution in [0.3, 0.4) is 0 Å². The minimum atomic E-state index is -1.04. The van der Waals surface area contributed by atoms with E-state index in [4.69, 9.17) is 5.11 Å². The van der Waals surface area contributed by atoms with Crippen molar-refractivity contribution in [1.29, 1.82) is 0 Å². The summed E-state index contributed by atoms with van der Waals surface area (Å²) >= 11 is 1.42. The van der Waals surface area contributed by atoms with Gasteiger partial charge in [0.15, 0.2) is 23.3 Å². The van der Waals surface area contributed by atoms with Gasteiger partial charge in [-0.25, -0.2) is 13.8 Å². The normalized spacial score (nSPS) is 20.7. The Morgan fingerprint density at radius 1 is 1.17 bits per heavy atom. The predicted octanol–water partition coefficient (Wildman–Crippen LogP) is 1.73. The smallest absolute Gasteiger partial charge is 0.327 e. The van der Waals surface area contributed by atoms with Crippen LogP contribution in [-0.2, 0) is 11.3 Å². The third-order valence-corrected chi connectivity index (χ3v) is 6.53. The van der Waals surface area contributed by atoms with Gasteiger partial charge in [-0.05, 0) is 17.3 Å². The fourth-order valence-corrected chi connectivity index (χ4v) is 4.99. The molecule has 2 saturated heterocycles. The lowest BCUT2D eigenvalue weighted by atomic mass is 10.0. The van der Waals surface area contributed by atoms with Gasteiger partial charge in [0.1, 0.15) is 0 Å². The van der Waals surface area contributed by atoms with Crippen LogP contribution in [0.15, 0.2) is 24.4 Å². The molecule has 0 saturated carbocycles. The molecule has 5 rings (SSSR count). The van der Waals surface area contributed by atoms with Crippen LogP contribution < -0.4 is 9.80 Å². The second-order valence-electron chi connectivity index (χ2n) is 7.45. The fourth-order valence-electron chi connectivity index (χ4n) is 4.13. The highest BCUT2D eigenvalue weighted by atomic mass is 32.1. The predicted molar refractivity (Wildman–Crippen MR) is 104 cm³/mol. The molecule has 2 aromatic heterocycles. The van der Waals surface area contributed by atoms with Crippen LogP contribution in [-0.4, -0.2) is 62.4 Å². The van der Waals surface area contributed by atoms with Crippen LogP contribution in [0, 0.1) is 23.5 Å². The van der Waals surface area contributed by atoms with E-state index in [0.29, 0.717) is 41.3 Å². The van der Waals surface area contributed by atoms with Crippen molar-refractivity contribution in [2.45, 2.75) is 6.54 Å². The van der Waals surface area contributed by atoms with E-state index in [0.717, 1.165) is 29.1 Å².